The van der Waals surface area contributed by atoms with E-state index in [0.717, 1.165) is 68.1 Å². The Balaban J connectivity index is 1.17. The predicted molar refractivity (Wildman–Crippen MR) is 144 cm³/mol. The Kier molecular flexibility index (Phi) is 6.08. The first kappa shape index (κ1) is 23.0. The normalized spacial score (nSPS) is 26.3. The summed E-state index contributed by atoms with van der Waals surface area (Å²) in [6.07, 6.45) is 11.3. The molecule has 2 fully saturated rings. The first-order chi connectivity index (χ1) is 17.6. The summed E-state index contributed by atoms with van der Waals surface area (Å²) in [5.74, 6) is 1.18. The number of anilines is 1. The maximum atomic E-state index is 9.95. The number of hydrogen-bond donors (Lipinski definition) is 1. The number of nitrogens with two attached hydrogens (primary N) is 1. The highest BCUT2D eigenvalue weighted by Crippen LogP contribution is 2.42. The highest BCUT2D eigenvalue weighted by Gasteiger charge is 2.36. The summed E-state index contributed by atoms with van der Waals surface area (Å²) in [6, 6.07) is 12.9. The van der Waals surface area contributed by atoms with Gasteiger partial charge in [0.05, 0.1) is 17.8 Å². The van der Waals surface area contributed by atoms with Gasteiger partial charge in [0.25, 0.3) is 0 Å². The topological polar surface area (TPSA) is 86.5 Å². The molecular weight excluding hydrogens is 446 g/mol. The highest BCUT2D eigenvalue weighted by atomic mass is 15.3. The summed E-state index contributed by atoms with van der Waals surface area (Å²) in [6.45, 7) is 5.75. The van der Waals surface area contributed by atoms with Crippen LogP contribution in [0.5, 0.6) is 0 Å². The van der Waals surface area contributed by atoms with Gasteiger partial charge in [-0.15, -0.1) is 0 Å². The lowest BCUT2D eigenvalue weighted by molar-refractivity contribution is 0.0878. The fraction of sp³-hybridized carbons (Fsp3) is 0.414. The molecule has 6 rings (SSSR count). The van der Waals surface area contributed by atoms with Crippen molar-refractivity contribution in [2.75, 3.05) is 45.5 Å². The summed E-state index contributed by atoms with van der Waals surface area (Å²) < 4.78 is 1.92. The molecule has 36 heavy (non-hydrogen) atoms. The molecular formula is C29H33N7. The van der Waals surface area contributed by atoms with Crippen molar-refractivity contribution in [1.29, 1.82) is 5.26 Å². The molecule has 1 aromatic heterocycles. The number of aromatic nitrogens is 2. The number of rotatable bonds is 5. The molecule has 1 atom stereocenters. The average molecular weight is 480 g/mol. The van der Waals surface area contributed by atoms with E-state index in [2.05, 4.69) is 59.4 Å². The Morgan fingerprint density at radius 1 is 1.06 bits per heavy atom. The van der Waals surface area contributed by atoms with Gasteiger partial charge in [-0.2, -0.15) is 10.4 Å². The van der Waals surface area contributed by atoms with Crippen molar-refractivity contribution >= 4 is 17.1 Å². The third-order valence-electron chi connectivity index (χ3n) is 8.11. The largest absolute Gasteiger partial charge is 0.383 e. The lowest BCUT2D eigenvalue weighted by Crippen LogP contribution is -2.47. The van der Waals surface area contributed by atoms with E-state index in [1.54, 1.807) is 0 Å². The molecule has 1 unspecified atom stereocenters. The van der Waals surface area contributed by atoms with E-state index < -0.39 is 0 Å². The number of benzene rings is 1. The van der Waals surface area contributed by atoms with E-state index in [-0.39, 0.29) is 12.1 Å². The number of nitriles is 1. The van der Waals surface area contributed by atoms with E-state index in [9.17, 15) is 5.26 Å². The van der Waals surface area contributed by atoms with Crippen LogP contribution in [-0.4, -0.2) is 71.1 Å². The standard InChI is InChI=1S/C29H33N7/c1-34-11-13-35(14-12-34)19-20-15-24(16-20)36-29(31)25(18-30)28(33-36)23-8-7-22-9-10-26(32-27(22)17-23)21-5-3-2-4-6-21/h2-10,20,24,27H,11-17,19,31H2,1H3. The van der Waals surface area contributed by atoms with Crippen LogP contribution in [0.3, 0.4) is 0 Å². The smallest absolute Gasteiger partial charge is 0.140 e. The fourth-order valence-corrected chi connectivity index (χ4v) is 5.84. The maximum Gasteiger partial charge on any atom is 0.140 e. The number of allylic oxidation sites excluding steroid dienone is 3. The van der Waals surface area contributed by atoms with Crippen LogP contribution in [0.2, 0.25) is 0 Å². The monoisotopic (exact) mass is 479 g/mol. The molecule has 0 amide bonds. The second-order valence-electron chi connectivity index (χ2n) is 10.6. The van der Waals surface area contributed by atoms with Crippen LogP contribution in [0.4, 0.5) is 5.82 Å². The average Bonchev–Trinajstić information content (AvgIpc) is 3.22. The summed E-state index contributed by atoms with van der Waals surface area (Å²) in [5, 5.41) is 14.9. The first-order valence-electron chi connectivity index (χ1n) is 13.0. The molecule has 2 aromatic rings. The number of dihydropyridines is 1. The fourth-order valence-electron chi connectivity index (χ4n) is 5.84. The van der Waals surface area contributed by atoms with Gasteiger partial charge in [-0.3, -0.25) is 4.99 Å². The van der Waals surface area contributed by atoms with Gasteiger partial charge in [0.2, 0.25) is 0 Å². The summed E-state index contributed by atoms with van der Waals surface area (Å²) in [5.41, 5.74) is 12.0. The van der Waals surface area contributed by atoms with Crippen molar-refractivity contribution in [3.8, 4) is 6.07 Å². The molecule has 184 valence electrons. The van der Waals surface area contributed by atoms with Crippen molar-refractivity contribution in [1.82, 2.24) is 19.6 Å². The Hall–Kier alpha value is -3.47. The zero-order valence-corrected chi connectivity index (χ0v) is 20.8. The van der Waals surface area contributed by atoms with Crippen molar-refractivity contribution in [3.05, 3.63) is 77.0 Å². The maximum absolute atomic E-state index is 9.95. The molecule has 2 aliphatic carbocycles. The van der Waals surface area contributed by atoms with Crippen LogP contribution in [0.15, 0.2) is 65.2 Å². The van der Waals surface area contributed by atoms with E-state index in [1.807, 2.05) is 22.9 Å². The Bertz CT molecular complexity index is 1290. The quantitative estimate of drug-likeness (QED) is 0.707. The third-order valence-corrected chi connectivity index (χ3v) is 8.11. The van der Waals surface area contributed by atoms with Gasteiger partial charge in [-0.05, 0) is 48.6 Å². The third kappa shape index (κ3) is 4.32. The van der Waals surface area contributed by atoms with E-state index >= 15 is 0 Å². The van der Waals surface area contributed by atoms with Gasteiger partial charge in [0, 0.05) is 39.1 Å². The SMILES string of the molecule is CN1CCN(CC2CC(n3nc(C4=CC=C5C=CC(c6ccccc6)=NC5C4)c(C#N)c3N)C2)CC1. The summed E-state index contributed by atoms with van der Waals surface area (Å²) in [4.78, 5) is 10.0. The predicted octanol–water partition coefficient (Wildman–Crippen LogP) is 3.68. The number of likely N-dealkylation sites (N-methyl/N-ethyl adjacent to an activating group) is 1. The van der Waals surface area contributed by atoms with E-state index in [0.29, 0.717) is 23.7 Å². The van der Waals surface area contributed by atoms with E-state index in [4.69, 9.17) is 15.8 Å². The molecule has 0 bridgehead atoms. The van der Waals surface area contributed by atoms with Crippen molar-refractivity contribution in [2.45, 2.75) is 31.3 Å². The van der Waals surface area contributed by atoms with Crippen LogP contribution in [-0.2, 0) is 0 Å². The number of nitrogens with zero attached hydrogens (tertiary/aromatic N) is 6. The second-order valence-corrected chi connectivity index (χ2v) is 10.6. The minimum Gasteiger partial charge on any atom is -0.383 e. The van der Waals surface area contributed by atoms with Crippen LogP contribution in [0.1, 0.15) is 42.1 Å². The van der Waals surface area contributed by atoms with Crippen molar-refractivity contribution in [3.63, 3.8) is 0 Å². The van der Waals surface area contributed by atoms with Crippen molar-refractivity contribution < 1.29 is 0 Å². The number of hydrogen-bond acceptors (Lipinski definition) is 6. The molecule has 2 N–H and O–H groups in total. The summed E-state index contributed by atoms with van der Waals surface area (Å²) in [7, 11) is 2.19. The van der Waals surface area contributed by atoms with Gasteiger partial charge in [-0.1, -0.05) is 48.6 Å². The number of piperazine rings is 1. The molecule has 4 aliphatic rings. The van der Waals surface area contributed by atoms with Crippen LogP contribution in [0, 0.1) is 17.2 Å². The van der Waals surface area contributed by atoms with Gasteiger partial charge < -0.3 is 15.5 Å². The number of nitrogen functional groups attached to an aromatic ring is 1. The molecule has 7 heteroatoms. The lowest BCUT2D eigenvalue weighted by Gasteiger charge is -2.41. The number of fused-ring (bicyclic) bond motifs is 1. The molecule has 0 radical (unpaired) electrons. The van der Waals surface area contributed by atoms with Crippen LogP contribution in [0.25, 0.3) is 5.57 Å². The van der Waals surface area contributed by atoms with Gasteiger partial charge in [0.15, 0.2) is 0 Å². The Morgan fingerprint density at radius 3 is 2.58 bits per heavy atom. The zero-order valence-electron chi connectivity index (χ0n) is 20.8. The molecule has 3 heterocycles. The van der Waals surface area contributed by atoms with Crippen LogP contribution < -0.4 is 5.73 Å². The summed E-state index contributed by atoms with van der Waals surface area (Å²) >= 11 is 0. The molecule has 1 saturated heterocycles. The lowest BCUT2D eigenvalue weighted by atomic mass is 9.80. The van der Waals surface area contributed by atoms with Crippen LogP contribution >= 0.6 is 0 Å². The molecule has 1 saturated carbocycles. The number of aliphatic imine (C=N–C) groups is 1. The molecule has 1 aromatic carbocycles. The minimum atomic E-state index is 0.0276. The first-order valence-corrected chi connectivity index (χ1v) is 13.0. The zero-order chi connectivity index (χ0) is 24.6. The minimum absolute atomic E-state index is 0.0276. The Morgan fingerprint density at radius 2 is 1.83 bits per heavy atom. The van der Waals surface area contributed by atoms with Gasteiger partial charge >= 0.3 is 0 Å². The van der Waals surface area contributed by atoms with Crippen molar-refractivity contribution in [2.24, 2.45) is 10.9 Å². The molecule has 2 aliphatic heterocycles. The molecule has 0 spiro atoms. The second kappa shape index (κ2) is 9.53. The molecule has 7 nitrogen and oxygen atoms in total. The Labute approximate surface area is 212 Å². The van der Waals surface area contributed by atoms with E-state index in [1.165, 1.54) is 5.57 Å². The van der Waals surface area contributed by atoms with Gasteiger partial charge in [0.1, 0.15) is 23.1 Å². The van der Waals surface area contributed by atoms with Gasteiger partial charge in [-0.25, -0.2) is 4.68 Å². The highest BCUT2D eigenvalue weighted by molar-refractivity contribution is 6.10.